The second-order valence-corrected chi connectivity index (χ2v) is 6.14. The average Bonchev–Trinajstić information content (AvgIpc) is 2.53. The van der Waals surface area contributed by atoms with E-state index in [-0.39, 0.29) is 16.7 Å². The number of anilines is 1. The van der Waals surface area contributed by atoms with E-state index in [4.69, 9.17) is 5.11 Å². The molecule has 5 heteroatoms. The molecular weight excluding hydrogens is 298 g/mol. The summed E-state index contributed by atoms with van der Waals surface area (Å²) in [4.78, 5) is 23.1. The largest absolute Gasteiger partial charge is 0.478 e. The van der Waals surface area contributed by atoms with Crippen LogP contribution in [0.25, 0.3) is 0 Å². The summed E-state index contributed by atoms with van der Waals surface area (Å²) in [6.07, 6.45) is 0. The Hall–Kier alpha value is -2.27. The van der Waals surface area contributed by atoms with Gasteiger partial charge in [-0.3, -0.25) is 4.79 Å². The molecule has 4 nitrogen and oxygen atoms in total. The van der Waals surface area contributed by atoms with Crippen molar-refractivity contribution >= 4 is 29.3 Å². The molecule has 0 aliphatic carbocycles. The number of benzene rings is 2. The summed E-state index contributed by atoms with van der Waals surface area (Å²) < 4.78 is 0. The van der Waals surface area contributed by atoms with Crippen molar-refractivity contribution in [3.05, 3.63) is 65.7 Å². The van der Waals surface area contributed by atoms with E-state index in [1.165, 1.54) is 29.5 Å². The Kier molecular flexibility index (Phi) is 5.61. The van der Waals surface area contributed by atoms with E-state index < -0.39 is 5.97 Å². The number of nitrogens with one attached hydrogen (secondary N) is 1. The maximum atomic E-state index is 12.1. The molecule has 0 aliphatic heterocycles. The van der Waals surface area contributed by atoms with Crippen molar-refractivity contribution in [2.24, 2.45) is 0 Å². The highest BCUT2D eigenvalue weighted by molar-refractivity contribution is 7.99. The number of thioether (sulfide) groups is 1. The van der Waals surface area contributed by atoms with Gasteiger partial charge in [0.15, 0.2) is 0 Å². The molecule has 0 bridgehead atoms. The molecule has 1 atom stereocenters. The third kappa shape index (κ3) is 4.63. The Balaban J connectivity index is 1.91. The first-order valence-electron chi connectivity index (χ1n) is 6.86. The van der Waals surface area contributed by atoms with Gasteiger partial charge in [0.1, 0.15) is 0 Å². The predicted molar refractivity (Wildman–Crippen MR) is 89.2 cm³/mol. The van der Waals surface area contributed by atoms with Crippen molar-refractivity contribution in [2.75, 3.05) is 5.32 Å². The molecular formula is C17H17NO3S. The highest BCUT2D eigenvalue weighted by Crippen LogP contribution is 2.19. The van der Waals surface area contributed by atoms with Crippen LogP contribution >= 0.6 is 11.8 Å². The van der Waals surface area contributed by atoms with E-state index >= 15 is 0 Å². The zero-order chi connectivity index (χ0) is 15.9. The number of carbonyl (C=O) groups is 2. The Morgan fingerprint density at radius 1 is 1.14 bits per heavy atom. The Bertz CT molecular complexity index is 658. The summed E-state index contributed by atoms with van der Waals surface area (Å²) in [6.45, 7) is 1.84. The smallest absolute Gasteiger partial charge is 0.335 e. The van der Waals surface area contributed by atoms with Gasteiger partial charge in [-0.05, 0) is 30.7 Å². The van der Waals surface area contributed by atoms with Crippen LogP contribution in [0.4, 0.5) is 5.69 Å². The molecule has 0 heterocycles. The summed E-state index contributed by atoms with van der Waals surface area (Å²) in [7, 11) is 0. The summed E-state index contributed by atoms with van der Waals surface area (Å²) >= 11 is 1.54. The zero-order valence-electron chi connectivity index (χ0n) is 12.2. The van der Waals surface area contributed by atoms with Gasteiger partial charge in [0.05, 0.1) is 10.8 Å². The Morgan fingerprint density at radius 2 is 1.86 bits per heavy atom. The van der Waals surface area contributed by atoms with Crippen LogP contribution in [0, 0.1) is 0 Å². The molecule has 2 aromatic carbocycles. The van der Waals surface area contributed by atoms with Crippen molar-refractivity contribution in [2.45, 2.75) is 17.9 Å². The lowest BCUT2D eigenvalue weighted by molar-refractivity contribution is -0.115. The molecule has 0 radical (unpaired) electrons. The van der Waals surface area contributed by atoms with Crippen LogP contribution in [0.5, 0.6) is 0 Å². The van der Waals surface area contributed by atoms with Gasteiger partial charge in [-0.15, -0.1) is 11.8 Å². The van der Waals surface area contributed by atoms with Crippen molar-refractivity contribution < 1.29 is 14.7 Å². The zero-order valence-corrected chi connectivity index (χ0v) is 13.0. The number of aromatic carboxylic acids is 1. The Labute approximate surface area is 133 Å². The van der Waals surface area contributed by atoms with Crippen LogP contribution in [0.15, 0.2) is 54.6 Å². The maximum absolute atomic E-state index is 12.1. The van der Waals surface area contributed by atoms with Crippen molar-refractivity contribution in [3.8, 4) is 0 Å². The first kappa shape index (κ1) is 16.1. The van der Waals surface area contributed by atoms with Gasteiger partial charge >= 0.3 is 5.97 Å². The minimum atomic E-state index is -1.01. The van der Waals surface area contributed by atoms with Crippen LogP contribution < -0.4 is 5.32 Å². The highest BCUT2D eigenvalue weighted by atomic mass is 32.2. The third-order valence-electron chi connectivity index (χ3n) is 3.09. The number of hydrogen-bond donors (Lipinski definition) is 2. The summed E-state index contributed by atoms with van der Waals surface area (Å²) in [6, 6.07) is 16.2. The van der Waals surface area contributed by atoms with Crippen molar-refractivity contribution in [1.82, 2.24) is 0 Å². The summed E-state index contributed by atoms with van der Waals surface area (Å²) in [5.74, 6) is -0.393. The van der Waals surface area contributed by atoms with Gasteiger partial charge in [0.2, 0.25) is 5.91 Å². The average molecular weight is 315 g/mol. The molecule has 114 valence electrons. The third-order valence-corrected chi connectivity index (χ3v) is 4.30. The molecule has 22 heavy (non-hydrogen) atoms. The number of carboxylic acid groups (broad SMARTS) is 1. The molecule has 2 rings (SSSR count). The topological polar surface area (TPSA) is 66.4 Å². The van der Waals surface area contributed by atoms with Gasteiger partial charge in [-0.1, -0.05) is 36.4 Å². The van der Waals surface area contributed by atoms with Crippen molar-refractivity contribution in [1.29, 1.82) is 0 Å². The molecule has 0 saturated carbocycles. The van der Waals surface area contributed by atoms with E-state index in [2.05, 4.69) is 5.32 Å². The predicted octanol–water partition coefficient (Wildman–Crippen LogP) is 3.65. The standard InChI is InChI=1S/C17H17NO3S/c1-12(22-11-13-6-3-2-4-7-13)16(19)18-15-9-5-8-14(10-15)17(20)21/h2-10,12H,11H2,1H3,(H,18,19)(H,20,21)/t12-/m0/s1. The lowest BCUT2D eigenvalue weighted by Crippen LogP contribution is -2.22. The van der Waals surface area contributed by atoms with Crippen LogP contribution in [0.1, 0.15) is 22.8 Å². The lowest BCUT2D eigenvalue weighted by atomic mass is 10.2. The first-order valence-corrected chi connectivity index (χ1v) is 7.91. The number of amides is 1. The van der Waals surface area contributed by atoms with Crippen LogP contribution in [-0.4, -0.2) is 22.2 Å². The molecule has 0 unspecified atom stereocenters. The number of hydrogen-bond acceptors (Lipinski definition) is 3. The van der Waals surface area contributed by atoms with E-state index in [1.807, 2.05) is 37.3 Å². The van der Waals surface area contributed by atoms with Crippen LogP contribution in [-0.2, 0) is 10.5 Å². The first-order chi connectivity index (χ1) is 10.6. The number of carbonyl (C=O) groups excluding carboxylic acids is 1. The molecule has 0 spiro atoms. The highest BCUT2D eigenvalue weighted by Gasteiger charge is 2.14. The fourth-order valence-electron chi connectivity index (χ4n) is 1.85. The van der Waals surface area contributed by atoms with E-state index in [1.54, 1.807) is 12.1 Å². The lowest BCUT2D eigenvalue weighted by Gasteiger charge is -2.12. The molecule has 0 aromatic heterocycles. The van der Waals surface area contributed by atoms with Gasteiger partial charge in [0.25, 0.3) is 0 Å². The number of rotatable bonds is 6. The van der Waals surface area contributed by atoms with Gasteiger partial charge in [-0.2, -0.15) is 0 Å². The second-order valence-electron chi connectivity index (χ2n) is 4.81. The minimum Gasteiger partial charge on any atom is -0.478 e. The fourth-order valence-corrected chi connectivity index (χ4v) is 2.69. The van der Waals surface area contributed by atoms with E-state index in [0.717, 1.165) is 5.75 Å². The molecule has 0 aliphatic rings. The SMILES string of the molecule is C[C@H](SCc1ccccc1)C(=O)Nc1cccc(C(=O)O)c1. The quantitative estimate of drug-likeness (QED) is 0.854. The van der Waals surface area contributed by atoms with Gasteiger partial charge in [-0.25, -0.2) is 4.79 Å². The van der Waals surface area contributed by atoms with E-state index in [9.17, 15) is 9.59 Å². The number of carboxylic acids is 1. The van der Waals surface area contributed by atoms with Gasteiger partial charge < -0.3 is 10.4 Å². The van der Waals surface area contributed by atoms with Crippen LogP contribution in [0.2, 0.25) is 0 Å². The minimum absolute atomic E-state index is 0.136. The summed E-state index contributed by atoms with van der Waals surface area (Å²) in [5, 5.41) is 11.5. The molecule has 2 N–H and O–H groups in total. The fraction of sp³-hybridized carbons (Fsp3) is 0.176. The molecule has 2 aromatic rings. The van der Waals surface area contributed by atoms with E-state index in [0.29, 0.717) is 5.69 Å². The molecule has 0 saturated heterocycles. The van der Waals surface area contributed by atoms with Crippen molar-refractivity contribution in [3.63, 3.8) is 0 Å². The summed E-state index contributed by atoms with van der Waals surface area (Å²) in [5.41, 5.74) is 1.82. The monoisotopic (exact) mass is 315 g/mol. The van der Waals surface area contributed by atoms with Crippen LogP contribution in [0.3, 0.4) is 0 Å². The molecule has 0 fully saturated rings. The Morgan fingerprint density at radius 3 is 2.55 bits per heavy atom. The molecule has 1 amide bonds. The normalized spacial score (nSPS) is 11.7. The van der Waals surface area contributed by atoms with Gasteiger partial charge in [0, 0.05) is 11.4 Å². The maximum Gasteiger partial charge on any atom is 0.335 e. The second kappa shape index (κ2) is 7.66.